The molecule has 1 rings (SSSR count). The maximum Gasteiger partial charge on any atom is 0.412 e. The van der Waals surface area contributed by atoms with E-state index in [2.05, 4.69) is 5.32 Å². The standard InChI is InChI=1S/C19H29FN2O4/c1-14(11-20)15(13-22(5)18(24)26-19(2,3)4)12-21-17(23)25-16-9-7-6-8-10-16/h6-10,14-15H,11-13H2,1-5H3,(H,21,23). The first-order chi connectivity index (χ1) is 12.1. The number of benzene rings is 1. The molecule has 0 saturated carbocycles. The lowest BCUT2D eigenvalue weighted by Crippen LogP contribution is -2.43. The minimum absolute atomic E-state index is 0.184. The van der Waals surface area contributed by atoms with Gasteiger partial charge in [-0.15, -0.1) is 0 Å². The molecule has 6 nitrogen and oxygen atoms in total. The van der Waals surface area contributed by atoms with Gasteiger partial charge in [0, 0.05) is 20.1 Å². The Morgan fingerprint density at radius 2 is 1.85 bits per heavy atom. The van der Waals surface area contributed by atoms with Crippen molar-refractivity contribution < 1.29 is 23.5 Å². The number of carbonyl (C=O) groups excluding carboxylic acids is 2. The van der Waals surface area contributed by atoms with Gasteiger partial charge in [-0.1, -0.05) is 25.1 Å². The van der Waals surface area contributed by atoms with E-state index in [0.29, 0.717) is 5.75 Å². The third-order valence-electron chi connectivity index (χ3n) is 3.72. The van der Waals surface area contributed by atoms with Crippen molar-refractivity contribution in [3.63, 3.8) is 0 Å². The lowest BCUT2D eigenvalue weighted by molar-refractivity contribution is 0.0254. The van der Waals surface area contributed by atoms with Gasteiger partial charge in [0.1, 0.15) is 11.4 Å². The van der Waals surface area contributed by atoms with E-state index in [1.807, 2.05) is 6.07 Å². The van der Waals surface area contributed by atoms with E-state index in [4.69, 9.17) is 9.47 Å². The molecule has 0 bridgehead atoms. The maximum absolute atomic E-state index is 13.2. The zero-order valence-corrected chi connectivity index (χ0v) is 16.1. The van der Waals surface area contributed by atoms with Crippen molar-refractivity contribution in [2.24, 2.45) is 11.8 Å². The number of rotatable bonds is 7. The number of carbonyl (C=O) groups is 2. The van der Waals surface area contributed by atoms with Crippen LogP contribution < -0.4 is 10.1 Å². The minimum atomic E-state index is -0.618. The first kappa shape index (κ1) is 21.7. The van der Waals surface area contributed by atoms with Gasteiger partial charge < -0.3 is 19.7 Å². The zero-order chi connectivity index (χ0) is 19.7. The van der Waals surface area contributed by atoms with E-state index >= 15 is 0 Å². The maximum atomic E-state index is 13.2. The van der Waals surface area contributed by atoms with Crippen molar-refractivity contribution >= 4 is 12.2 Å². The first-order valence-electron chi connectivity index (χ1n) is 8.63. The van der Waals surface area contributed by atoms with Crippen LogP contribution in [0.15, 0.2) is 30.3 Å². The van der Waals surface area contributed by atoms with Crippen LogP contribution in [-0.2, 0) is 4.74 Å². The average molecular weight is 368 g/mol. The third kappa shape index (κ3) is 8.18. The van der Waals surface area contributed by atoms with Gasteiger partial charge in [0.2, 0.25) is 0 Å². The van der Waals surface area contributed by atoms with Crippen molar-refractivity contribution in [3.8, 4) is 5.75 Å². The van der Waals surface area contributed by atoms with Gasteiger partial charge in [-0.05, 0) is 44.7 Å². The Morgan fingerprint density at radius 3 is 2.38 bits per heavy atom. The van der Waals surface area contributed by atoms with Crippen LogP contribution in [0.1, 0.15) is 27.7 Å². The molecule has 26 heavy (non-hydrogen) atoms. The third-order valence-corrected chi connectivity index (χ3v) is 3.72. The second-order valence-electron chi connectivity index (χ2n) is 7.34. The van der Waals surface area contributed by atoms with Crippen LogP contribution >= 0.6 is 0 Å². The molecule has 0 spiro atoms. The van der Waals surface area contributed by atoms with Gasteiger partial charge in [-0.25, -0.2) is 9.59 Å². The first-order valence-corrected chi connectivity index (χ1v) is 8.63. The van der Waals surface area contributed by atoms with E-state index in [1.165, 1.54) is 4.90 Å². The second kappa shape index (κ2) is 9.99. The summed E-state index contributed by atoms with van der Waals surface area (Å²) in [5.74, 6) is -0.191. The summed E-state index contributed by atoms with van der Waals surface area (Å²) in [6, 6.07) is 8.66. The lowest BCUT2D eigenvalue weighted by Gasteiger charge is -2.29. The largest absolute Gasteiger partial charge is 0.444 e. The summed E-state index contributed by atoms with van der Waals surface area (Å²) in [4.78, 5) is 25.4. The minimum Gasteiger partial charge on any atom is -0.444 e. The summed E-state index contributed by atoms with van der Waals surface area (Å²) in [6.45, 7) is 6.96. The van der Waals surface area contributed by atoms with Crippen LogP contribution in [0.4, 0.5) is 14.0 Å². The molecule has 0 aliphatic rings. The highest BCUT2D eigenvalue weighted by Gasteiger charge is 2.25. The van der Waals surface area contributed by atoms with Crippen LogP contribution in [0.2, 0.25) is 0 Å². The van der Waals surface area contributed by atoms with Crippen LogP contribution in [0.25, 0.3) is 0 Å². The fourth-order valence-electron chi connectivity index (χ4n) is 2.18. The molecular weight excluding hydrogens is 339 g/mol. The summed E-state index contributed by atoms with van der Waals surface area (Å²) in [5, 5.41) is 2.63. The molecule has 0 radical (unpaired) electrons. The van der Waals surface area contributed by atoms with Crippen LogP contribution in [0.5, 0.6) is 5.75 Å². The molecule has 7 heteroatoms. The number of alkyl halides is 1. The van der Waals surface area contributed by atoms with Gasteiger partial charge in [0.05, 0.1) is 6.67 Å². The fourth-order valence-corrected chi connectivity index (χ4v) is 2.18. The molecule has 2 atom stereocenters. The van der Waals surface area contributed by atoms with Crippen LogP contribution in [0.3, 0.4) is 0 Å². The highest BCUT2D eigenvalue weighted by molar-refractivity contribution is 5.70. The average Bonchev–Trinajstić information content (AvgIpc) is 2.57. The molecule has 2 unspecified atom stereocenters. The summed E-state index contributed by atoms with van der Waals surface area (Å²) in [6.07, 6.45) is -1.10. The summed E-state index contributed by atoms with van der Waals surface area (Å²) >= 11 is 0. The molecule has 0 aromatic heterocycles. The molecule has 146 valence electrons. The Balaban J connectivity index is 2.58. The second-order valence-corrected chi connectivity index (χ2v) is 7.34. The van der Waals surface area contributed by atoms with Crippen molar-refractivity contribution in [2.45, 2.75) is 33.3 Å². The van der Waals surface area contributed by atoms with E-state index in [1.54, 1.807) is 59.0 Å². The lowest BCUT2D eigenvalue weighted by atomic mass is 9.94. The molecule has 1 N–H and O–H groups in total. The zero-order valence-electron chi connectivity index (χ0n) is 16.1. The summed E-state index contributed by atoms with van der Waals surface area (Å²) < 4.78 is 23.6. The van der Waals surface area contributed by atoms with Crippen LogP contribution in [-0.4, -0.2) is 49.5 Å². The Kier molecular flexibility index (Phi) is 8.35. The van der Waals surface area contributed by atoms with E-state index in [-0.39, 0.29) is 24.9 Å². The Labute approximate surface area is 154 Å². The molecule has 2 amide bonds. The van der Waals surface area contributed by atoms with Crippen molar-refractivity contribution in [3.05, 3.63) is 30.3 Å². The number of hydrogen-bond acceptors (Lipinski definition) is 4. The van der Waals surface area contributed by atoms with E-state index < -0.39 is 24.5 Å². The molecule has 1 aromatic carbocycles. The smallest absolute Gasteiger partial charge is 0.412 e. The Hall–Kier alpha value is -2.31. The Bertz CT molecular complexity index is 575. The van der Waals surface area contributed by atoms with Crippen molar-refractivity contribution in [1.29, 1.82) is 0 Å². The SMILES string of the molecule is CC(CF)C(CNC(=O)Oc1ccccc1)CN(C)C(=O)OC(C)(C)C. The van der Waals surface area contributed by atoms with Gasteiger partial charge in [-0.2, -0.15) is 0 Å². The topological polar surface area (TPSA) is 67.9 Å². The molecule has 0 fully saturated rings. The Morgan fingerprint density at radius 1 is 1.23 bits per heavy atom. The molecular formula is C19H29FN2O4. The number of hydrogen-bond donors (Lipinski definition) is 1. The van der Waals surface area contributed by atoms with Gasteiger partial charge >= 0.3 is 12.2 Å². The molecule has 0 heterocycles. The summed E-state index contributed by atoms with van der Waals surface area (Å²) in [5.41, 5.74) is -0.607. The normalized spacial score (nSPS) is 13.5. The predicted molar refractivity (Wildman–Crippen MR) is 98.0 cm³/mol. The highest BCUT2D eigenvalue weighted by atomic mass is 19.1. The number of nitrogens with one attached hydrogen (secondary N) is 1. The molecule has 0 aliphatic carbocycles. The number of para-hydroxylation sites is 1. The van der Waals surface area contributed by atoms with Crippen LogP contribution in [0, 0.1) is 11.8 Å². The molecule has 0 saturated heterocycles. The van der Waals surface area contributed by atoms with Gasteiger partial charge in [-0.3, -0.25) is 4.39 Å². The van der Waals surface area contributed by atoms with E-state index in [0.717, 1.165) is 0 Å². The van der Waals surface area contributed by atoms with Gasteiger partial charge in [0.25, 0.3) is 0 Å². The number of ether oxygens (including phenoxy) is 2. The monoisotopic (exact) mass is 368 g/mol. The molecule has 0 aliphatic heterocycles. The van der Waals surface area contributed by atoms with E-state index in [9.17, 15) is 14.0 Å². The fraction of sp³-hybridized carbons (Fsp3) is 0.579. The van der Waals surface area contributed by atoms with Crippen molar-refractivity contribution in [1.82, 2.24) is 10.2 Å². The van der Waals surface area contributed by atoms with Gasteiger partial charge in [0.15, 0.2) is 0 Å². The van der Waals surface area contributed by atoms with Crippen molar-refractivity contribution in [2.75, 3.05) is 26.8 Å². The predicted octanol–water partition coefficient (Wildman–Crippen LogP) is 3.86. The molecule has 1 aromatic rings. The quantitative estimate of drug-likeness (QED) is 0.793. The number of nitrogens with zero attached hydrogens (tertiary/aromatic N) is 1. The highest BCUT2D eigenvalue weighted by Crippen LogP contribution is 2.16. The number of amides is 2. The number of halogens is 1. The summed E-state index contributed by atoms with van der Waals surface area (Å²) in [7, 11) is 1.59.